The molecule has 2 aromatic rings. The number of carboxylic acids is 1. The number of para-hydroxylation sites is 1. The number of carbonyl (C=O) groups is 1. The molecule has 1 aromatic carbocycles. The third kappa shape index (κ3) is 3.46. The number of halogens is 1. The van der Waals surface area contributed by atoms with Crippen LogP contribution in [0.5, 0.6) is 5.75 Å². The van der Waals surface area contributed by atoms with Crippen molar-refractivity contribution in [1.29, 1.82) is 0 Å². The lowest BCUT2D eigenvalue weighted by Gasteiger charge is -2.08. The fourth-order valence-electron chi connectivity index (χ4n) is 1.57. The molecule has 1 aromatic heterocycles. The minimum atomic E-state index is -1.09. The van der Waals surface area contributed by atoms with E-state index in [4.69, 9.17) is 21.4 Å². The molecule has 0 amide bonds. The van der Waals surface area contributed by atoms with E-state index in [9.17, 15) is 14.9 Å². The highest BCUT2D eigenvalue weighted by molar-refractivity contribution is 6.32. The molecule has 1 N–H and O–H groups in total. The second kappa shape index (κ2) is 6.19. The molecular formula is C13H9ClN2O5. The Kier molecular flexibility index (Phi) is 4.34. The highest BCUT2D eigenvalue weighted by Crippen LogP contribution is 2.34. The summed E-state index contributed by atoms with van der Waals surface area (Å²) in [7, 11) is 0. The molecule has 8 heteroatoms. The third-order valence-electron chi connectivity index (χ3n) is 2.58. The zero-order valence-electron chi connectivity index (χ0n) is 10.5. The van der Waals surface area contributed by atoms with Crippen molar-refractivity contribution in [2.75, 3.05) is 0 Å². The lowest BCUT2D eigenvalue weighted by atomic mass is 10.2. The van der Waals surface area contributed by atoms with E-state index < -0.39 is 10.9 Å². The summed E-state index contributed by atoms with van der Waals surface area (Å²) in [6, 6.07) is 7.04. The molecule has 1 heterocycles. The van der Waals surface area contributed by atoms with Gasteiger partial charge in [0.05, 0.1) is 21.2 Å². The fraction of sp³-hybridized carbons (Fsp3) is 0.0769. The molecule has 0 saturated carbocycles. The minimum Gasteiger partial charge on any atom is -0.479 e. The standard InChI is InChI=1S/C13H9ClN2O5/c14-10-2-1-3-11(16(19)20)12(10)21-7-9-5-4-8(6-15-9)13(17)18/h1-6H,7H2,(H,17,18). The van der Waals surface area contributed by atoms with Gasteiger partial charge in [0.1, 0.15) is 6.61 Å². The molecule has 0 unspecified atom stereocenters. The molecule has 7 nitrogen and oxygen atoms in total. The number of rotatable bonds is 5. The predicted octanol–water partition coefficient (Wildman–Crippen LogP) is 2.92. The summed E-state index contributed by atoms with van der Waals surface area (Å²) in [5.41, 5.74) is 0.223. The van der Waals surface area contributed by atoms with Crippen LogP contribution in [-0.2, 0) is 6.61 Å². The van der Waals surface area contributed by atoms with E-state index in [-0.39, 0.29) is 28.6 Å². The summed E-state index contributed by atoms with van der Waals surface area (Å²) < 4.78 is 5.33. The number of ether oxygens (including phenoxy) is 1. The number of nitro benzene ring substituents is 1. The van der Waals surface area contributed by atoms with E-state index in [2.05, 4.69) is 4.98 Å². The van der Waals surface area contributed by atoms with Crippen molar-refractivity contribution >= 4 is 23.3 Å². The first-order chi connectivity index (χ1) is 9.99. The molecule has 21 heavy (non-hydrogen) atoms. The second-order valence-electron chi connectivity index (χ2n) is 3.98. The van der Waals surface area contributed by atoms with Crippen molar-refractivity contribution in [2.45, 2.75) is 6.61 Å². The number of nitrogens with zero attached hydrogens (tertiary/aromatic N) is 2. The molecule has 0 fully saturated rings. The topological polar surface area (TPSA) is 103 Å². The van der Waals surface area contributed by atoms with Gasteiger partial charge in [0.15, 0.2) is 0 Å². The Bertz CT molecular complexity index is 687. The van der Waals surface area contributed by atoms with Gasteiger partial charge in [0, 0.05) is 12.3 Å². The molecule has 0 saturated heterocycles. The van der Waals surface area contributed by atoms with Crippen LogP contribution in [0.2, 0.25) is 5.02 Å². The summed E-state index contributed by atoms with van der Waals surface area (Å²) >= 11 is 5.88. The van der Waals surface area contributed by atoms with Crippen LogP contribution in [0.4, 0.5) is 5.69 Å². The van der Waals surface area contributed by atoms with E-state index in [1.165, 1.54) is 36.5 Å². The maximum Gasteiger partial charge on any atom is 0.337 e. The number of aromatic carboxylic acids is 1. The highest BCUT2D eigenvalue weighted by Gasteiger charge is 2.18. The Labute approximate surface area is 123 Å². The normalized spacial score (nSPS) is 10.1. The molecule has 0 bridgehead atoms. The number of aromatic nitrogens is 1. The van der Waals surface area contributed by atoms with Gasteiger partial charge in [0.2, 0.25) is 5.75 Å². The van der Waals surface area contributed by atoms with Crippen LogP contribution in [0.25, 0.3) is 0 Å². The molecule has 0 aliphatic carbocycles. The Hall–Kier alpha value is -2.67. The van der Waals surface area contributed by atoms with Crippen LogP contribution in [0.15, 0.2) is 36.5 Å². The lowest BCUT2D eigenvalue weighted by Crippen LogP contribution is -2.03. The first-order valence-electron chi connectivity index (χ1n) is 5.73. The Balaban J connectivity index is 2.16. The van der Waals surface area contributed by atoms with Crippen molar-refractivity contribution in [2.24, 2.45) is 0 Å². The largest absolute Gasteiger partial charge is 0.479 e. The van der Waals surface area contributed by atoms with Crippen LogP contribution in [0, 0.1) is 10.1 Å². The molecule has 0 atom stereocenters. The van der Waals surface area contributed by atoms with Crippen molar-refractivity contribution in [1.82, 2.24) is 4.98 Å². The quantitative estimate of drug-likeness (QED) is 0.673. The lowest BCUT2D eigenvalue weighted by molar-refractivity contribution is -0.385. The van der Waals surface area contributed by atoms with Crippen LogP contribution in [0.1, 0.15) is 16.1 Å². The van der Waals surface area contributed by atoms with E-state index in [0.29, 0.717) is 5.69 Å². The Morgan fingerprint density at radius 3 is 2.71 bits per heavy atom. The van der Waals surface area contributed by atoms with Crippen molar-refractivity contribution in [3.8, 4) is 5.75 Å². The average Bonchev–Trinajstić information content (AvgIpc) is 2.46. The summed E-state index contributed by atoms with van der Waals surface area (Å²) in [4.78, 5) is 24.9. The maximum atomic E-state index is 10.9. The minimum absolute atomic E-state index is 0.0440. The van der Waals surface area contributed by atoms with Gasteiger partial charge >= 0.3 is 11.7 Å². The van der Waals surface area contributed by atoms with Gasteiger partial charge in [-0.25, -0.2) is 4.79 Å². The molecule has 0 radical (unpaired) electrons. The van der Waals surface area contributed by atoms with Gasteiger partial charge in [-0.2, -0.15) is 0 Å². The van der Waals surface area contributed by atoms with Crippen molar-refractivity contribution in [3.05, 3.63) is 62.9 Å². The van der Waals surface area contributed by atoms with Gasteiger partial charge in [0.25, 0.3) is 0 Å². The molecule has 2 rings (SSSR count). The van der Waals surface area contributed by atoms with Crippen molar-refractivity contribution < 1.29 is 19.6 Å². The number of carboxylic acid groups (broad SMARTS) is 1. The zero-order valence-corrected chi connectivity index (χ0v) is 11.3. The maximum absolute atomic E-state index is 10.9. The third-order valence-corrected chi connectivity index (χ3v) is 2.88. The predicted molar refractivity (Wildman–Crippen MR) is 73.6 cm³/mol. The first-order valence-corrected chi connectivity index (χ1v) is 6.10. The number of hydrogen-bond acceptors (Lipinski definition) is 5. The fourth-order valence-corrected chi connectivity index (χ4v) is 1.79. The summed E-state index contributed by atoms with van der Waals surface area (Å²) in [5.74, 6) is -1.13. The van der Waals surface area contributed by atoms with Gasteiger partial charge < -0.3 is 9.84 Å². The van der Waals surface area contributed by atoms with E-state index >= 15 is 0 Å². The Morgan fingerprint density at radius 2 is 2.14 bits per heavy atom. The Morgan fingerprint density at radius 1 is 1.38 bits per heavy atom. The number of benzene rings is 1. The highest BCUT2D eigenvalue weighted by atomic mass is 35.5. The average molecular weight is 309 g/mol. The number of pyridine rings is 1. The van der Waals surface area contributed by atoms with E-state index in [1.54, 1.807) is 0 Å². The van der Waals surface area contributed by atoms with Crippen molar-refractivity contribution in [3.63, 3.8) is 0 Å². The molecular weight excluding hydrogens is 300 g/mol. The van der Waals surface area contributed by atoms with Crippen LogP contribution in [-0.4, -0.2) is 21.0 Å². The smallest absolute Gasteiger partial charge is 0.337 e. The van der Waals surface area contributed by atoms with E-state index in [0.717, 1.165) is 0 Å². The number of hydrogen-bond donors (Lipinski definition) is 1. The van der Waals surface area contributed by atoms with Crippen LogP contribution < -0.4 is 4.74 Å². The SMILES string of the molecule is O=C(O)c1ccc(COc2c(Cl)cccc2[N+](=O)[O-])nc1. The molecule has 0 aliphatic rings. The second-order valence-corrected chi connectivity index (χ2v) is 4.38. The molecule has 108 valence electrons. The van der Waals surface area contributed by atoms with Gasteiger partial charge in [-0.3, -0.25) is 15.1 Å². The molecule has 0 spiro atoms. The molecule has 0 aliphatic heterocycles. The monoisotopic (exact) mass is 308 g/mol. The summed E-state index contributed by atoms with van der Waals surface area (Å²) in [6.45, 7) is -0.0650. The van der Waals surface area contributed by atoms with E-state index in [1.807, 2.05) is 0 Å². The van der Waals surface area contributed by atoms with Crippen LogP contribution in [0.3, 0.4) is 0 Å². The summed E-state index contributed by atoms with van der Waals surface area (Å²) in [6.07, 6.45) is 1.18. The van der Waals surface area contributed by atoms with Gasteiger partial charge in [-0.15, -0.1) is 0 Å². The first kappa shape index (κ1) is 14.7. The van der Waals surface area contributed by atoms with Gasteiger partial charge in [-0.1, -0.05) is 17.7 Å². The number of nitro groups is 1. The van der Waals surface area contributed by atoms with Gasteiger partial charge in [-0.05, 0) is 18.2 Å². The summed E-state index contributed by atoms with van der Waals surface area (Å²) in [5, 5.41) is 19.8. The van der Waals surface area contributed by atoms with Crippen LogP contribution >= 0.6 is 11.6 Å². The zero-order chi connectivity index (χ0) is 15.4.